The van der Waals surface area contributed by atoms with Gasteiger partial charge < -0.3 is 9.80 Å². The highest BCUT2D eigenvalue weighted by Gasteiger charge is 2.31. The Morgan fingerprint density at radius 2 is 1.84 bits per heavy atom. The molecule has 1 fully saturated rings. The lowest BCUT2D eigenvalue weighted by Gasteiger charge is -2.23. The highest BCUT2D eigenvalue weighted by Crippen LogP contribution is 2.29. The Bertz CT molecular complexity index is 1020. The molecule has 6 nitrogen and oxygen atoms in total. The first-order valence-corrected chi connectivity index (χ1v) is 10.6. The number of benzene rings is 1. The van der Waals surface area contributed by atoms with Gasteiger partial charge in [0.1, 0.15) is 5.82 Å². The third kappa shape index (κ3) is 5.13. The minimum absolute atomic E-state index is 0.240. The molecule has 0 spiro atoms. The molecule has 10 heteroatoms. The maximum absolute atomic E-state index is 12.7. The minimum Gasteiger partial charge on any atom is -0.355 e. The molecule has 162 valence electrons. The lowest BCUT2D eigenvalue weighted by molar-refractivity contribution is -0.137. The van der Waals surface area contributed by atoms with Crippen molar-refractivity contribution in [3.63, 3.8) is 0 Å². The molecule has 1 aromatic carbocycles. The number of nitrogens with one attached hydrogen (secondary N) is 1. The molecule has 0 atom stereocenters. The smallest absolute Gasteiger partial charge is 0.355 e. The topological polar surface area (TPSA) is 61.4 Å². The van der Waals surface area contributed by atoms with Crippen molar-refractivity contribution in [3.8, 4) is 11.3 Å². The Kier molecular flexibility index (Phi) is 6.08. The molecule has 0 aliphatic carbocycles. The first-order valence-electron chi connectivity index (χ1n) is 9.75. The fourth-order valence-corrected chi connectivity index (χ4v) is 4.04. The average molecular weight is 447 g/mol. The lowest BCUT2D eigenvalue weighted by Crippen LogP contribution is -2.38. The van der Waals surface area contributed by atoms with E-state index in [1.165, 1.54) is 17.4 Å². The summed E-state index contributed by atoms with van der Waals surface area (Å²) in [6.07, 6.45) is -2.88. The van der Waals surface area contributed by atoms with Crippen molar-refractivity contribution in [2.24, 2.45) is 0 Å². The number of carbonyl (C=O) groups is 1. The highest BCUT2D eigenvalue weighted by molar-refractivity contribution is 7.14. The minimum atomic E-state index is -4.41. The third-order valence-electron chi connectivity index (χ3n) is 4.97. The van der Waals surface area contributed by atoms with E-state index >= 15 is 0 Å². The number of nitrogens with zero attached hydrogens (tertiary/aromatic N) is 4. The molecular formula is C21H20F3N5OS. The molecule has 31 heavy (non-hydrogen) atoms. The van der Waals surface area contributed by atoms with Gasteiger partial charge in [0.25, 0.3) is 0 Å². The van der Waals surface area contributed by atoms with Gasteiger partial charge in [-0.05, 0) is 18.6 Å². The number of aromatic nitrogens is 2. The Morgan fingerprint density at radius 3 is 2.55 bits per heavy atom. The standard InChI is InChI=1S/C21H20F3N5OS/c22-21(23,24)16-7-8-18(25-13-16)28-9-4-10-29(12-11-28)20(30)27-19-26-17(14-31-19)15-5-2-1-3-6-15/h1-3,5-8,13-14H,4,9-12H2,(H,26,27,30). The number of amides is 2. The summed E-state index contributed by atoms with van der Waals surface area (Å²) in [5.41, 5.74) is 1.01. The van der Waals surface area contributed by atoms with E-state index in [0.717, 1.165) is 23.5 Å². The quantitative estimate of drug-likeness (QED) is 0.616. The van der Waals surface area contributed by atoms with Crippen LogP contribution in [0.1, 0.15) is 12.0 Å². The monoisotopic (exact) mass is 447 g/mol. The van der Waals surface area contributed by atoms with E-state index in [2.05, 4.69) is 15.3 Å². The van der Waals surface area contributed by atoms with E-state index in [0.29, 0.717) is 43.5 Å². The van der Waals surface area contributed by atoms with Crippen LogP contribution >= 0.6 is 11.3 Å². The Balaban J connectivity index is 1.35. The van der Waals surface area contributed by atoms with Gasteiger partial charge in [0.05, 0.1) is 11.3 Å². The summed E-state index contributed by atoms with van der Waals surface area (Å²) in [7, 11) is 0. The van der Waals surface area contributed by atoms with Crippen LogP contribution in [0, 0.1) is 0 Å². The molecule has 1 N–H and O–H groups in total. The normalized spacial score (nSPS) is 14.9. The molecule has 3 aromatic rings. The summed E-state index contributed by atoms with van der Waals surface area (Å²) in [4.78, 5) is 24.7. The zero-order chi connectivity index (χ0) is 21.8. The van der Waals surface area contributed by atoms with Gasteiger partial charge in [0, 0.05) is 43.3 Å². The SMILES string of the molecule is O=C(Nc1nc(-c2ccccc2)cs1)N1CCCN(c2ccc(C(F)(F)F)cn2)CC1. The lowest BCUT2D eigenvalue weighted by atomic mass is 10.2. The van der Waals surface area contributed by atoms with Crippen molar-refractivity contribution in [3.05, 3.63) is 59.6 Å². The summed E-state index contributed by atoms with van der Waals surface area (Å²) >= 11 is 1.36. The van der Waals surface area contributed by atoms with E-state index in [1.54, 1.807) is 4.90 Å². The number of urea groups is 1. The van der Waals surface area contributed by atoms with Gasteiger partial charge in [-0.2, -0.15) is 13.2 Å². The second kappa shape index (κ2) is 8.93. The number of halogens is 3. The summed E-state index contributed by atoms with van der Waals surface area (Å²) in [6, 6.07) is 11.9. The van der Waals surface area contributed by atoms with E-state index in [-0.39, 0.29) is 6.03 Å². The van der Waals surface area contributed by atoms with E-state index < -0.39 is 11.7 Å². The summed E-state index contributed by atoms with van der Waals surface area (Å²) in [5, 5.41) is 5.26. The fraction of sp³-hybridized carbons (Fsp3) is 0.286. The Labute approximate surface area is 181 Å². The molecular weight excluding hydrogens is 427 g/mol. The molecule has 0 radical (unpaired) electrons. The van der Waals surface area contributed by atoms with Crippen molar-refractivity contribution in [1.82, 2.24) is 14.9 Å². The van der Waals surface area contributed by atoms with Crippen LogP contribution in [-0.4, -0.2) is 47.1 Å². The maximum atomic E-state index is 12.7. The molecule has 1 saturated heterocycles. The molecule has 0 bridgehead atoms. The maximum Gasteiger partial charge on any atom is 0.417 e. The second-order valence-electron chi connectivity index (χ2n) is 7.06. The first-order chi connectivity index (χ1) is 14.9. The summed E-state index contributed by atoms with van der Waals surface area (Å²) in [6.45, 7) is 2.07. The molecule has 2 amide bonds. The van der Waals surface area contributed by atoms with Crippen LogP contribution in [0.3, 0.4) is 0 Å². The van der Waals surface area contributed by atoms with Gasteiger partial charge in [0.2, 0.25) is 0 Å². The molecule has 0 saturated carbocycles. The largest absolute Gasteiger partial charge is 0.417 e. The zero-order valence-corrected chi connectivity index (χ0v) is 17.3. The summed E-state index contributed by atoms with van der Waals surface area (Å²) < 4.78 is 38.2. The molecule has 0 unspecified atom stereocenters. The predicted octanol–water partition coefficient (Wildman–Crippen LogP) is 4.97. The predicted molar refractivity (Wildman–Crippen MR) is 114 cm³/mol. The Hall–Kier alpha value is -3.14. The Morgan fingerprint density at radius 1 is 1.03 bits per heavy atom. The van der Waals surface area contributed by atoms with Gasteiger partial charge >= 0.3 is 12.2 Å². The van der Waals surface area contributed by atoms with E-state index in [9.17, 15) is 18.0 Å². The number of hydrogen-bond acceptors (Lipinski definition) is 5. The van der Waals surface area contributed by atoms with Crippen molar-refractivity contribution in [2.45, 2.75) is 12.6 Å². The van der Waals surface area contributed by atoms with Gasteiger partial charge in [-0.25, -0.2) is 14.8 Å². The molecule has 4 rings (SSSR count). The third-order valence-corrected chi connectivity index (χ3v) is 5.73. The first kappa shape index (κ1) is 21.1. The van der Waals surface area contributed by atoms with Gasteiger partial charge in [-0.15, -0.1) is 11.3 Å². The van der Waals surface area contributed by atoms with E-state index in [1.807, 2.05) is 40.6 Å². The molecule has 1 aliphatic rings. The van der Waals surface area contributed by atoms with Crippen LogP contribution in [0.25, 0.3) is 11.3 Å². The molecule has 2 aromatic heterocycles. The number of anilines is 2. The summed E-state index contributed by atoms with van der Waals surface area (Å²) in [5.74, 6) is 0.475. The number of carbonyl (C=O) groups excluding carboxylic acids is 1. The van der Waals surface area contributed by atoms with Crippen LogP contribution in [0.4, 0.5) is 28.9 Å². The van der Waals surface area contributed by atoms with Crippen molar-refractivity contribution < 1.29 is 18.0 Å². The fourth-order valence-electron chi connectivity index (χ4n) is 3.33. The van der Waals surface area contributed by atoms with Gasteiger partial charge in [-0.1, -0.05) is 30.3 Å². The van der Waals surface area contributed by atoms with Crippen molar-refractivity contribution in [1.29, 1.82) is 0 Å². The number of rotatable bonds is 3. The molecule has 3 heterocycles. The zero-order valence-electron chi connectivity index (χ0n) is 16.5. The van der Waals surface area contributed by atoms with E-state index in [4.69, 9.17) is 0 Å². The average Bonchev–Trinajstić information content (AvgIpc) is 3.08. The molecule has 1 aliphatic heterocycles. The van der Waals surface area contributed by atoms with Crippen LogP contribution in [0.2, 0.25) is 0 Å². The van der Waals surface area contributed by atoms with Crippen LogP contribution in [-0.2, 0) is 6.18 Å². The van der Waals surface area contributed by atoms with Crippen molar-refractivity contribution in [2.75, 3.05) is 36.4 Å². The second-order valence-corrected chi connectivity index (χ2v) is 7.92. The van der Waals surface area contributed by atoms with Crippen LogP contribution < -0.4 is 10.2 Å². The van der Waals surface area contributed by atoms with Crippen LogP contribution in [0.5, 0.6) is 0 Å². The number of hydrogen-bond donors (Lipinski definition) is 1. The number of thiazole rings is 1. The van der Waals surface area contributed by atoms with Gasteiger partial charge in [-0.3, -0.25) is 5.32 Å². The van der Waals surface area contributed by atoms with Crippen molar-refractivity contribution >= 4 is 28.3 Å². The van der Waals surface area contributed by atoms with Crippen LogP contribution in [0.15, 0.2) is 54.0 Å². The highest BCUT2D eigenvalue weighted by atomic mass is 32.1. The number of pyridine rings is 1. The van der Waals surface area contributed by atoms with Gasteiger partial charge in [0.15, 0.2) is 5.13 Å². The number of alkyl halides is 3.